The molecule has 0 spiro atoms. The number of halogens is 1. The van der Waals surface area contributed by atoms with Crippen molar-refractivity contribution < 1.29 is 15.0 Å². The topological polar surface area (TPSA) is 137 Å². The molecule has 4 rings (SSSR count). The molecular formula is C25H26ClN5O3. The SMILES string of the molecule is Cc1ccccc1Nc1ncc(C)c(-c2c[nH]c(C(=O)O)c2)n1.NC(CO)c1cccc(Cl)c1. The third-order valence-corrected chi connectivity index (χ3v) is 5.26. The monoisotopic (exact) mass is 479 g/mol. The van der Waals surface area contributed by atoms with Crippen molar-refractivity contribution in [3.05, 3.63) is 94.4 Å². The van der Waals surface area contributed by atoms with Crippen molar-refractivity contribution >= 4 is 29.2 Å². The molecule has 0 aliphatic rings. The molecule has 2 heterocycles. The van der Waals surface area contributed by atoms with E-state index < -0.39 is 5.97 Å². The first-order chi connectivity index (χ1) is 16.3. The zero-order valence-corrected chi connectivity index (χ0v) is 19.5. The molecular weight excluding hydrogens is 454 g/mol. The van der Waals surface area contributed by atoms with Gasteiger partial charge in [-0.15, -0.1) is 0 Å². The molecule has 0 aliphatic heterocycles. The van der Waals surface area contributed by atoms with Crippen LogP contribution in [0.2, 0.25) is 5.02 Å². The number of hydrogen-bond donors (Lipinski definition) is 5. The van der Waals surface area contributed by atoms with Gasteiger partial charge in [-0.25, -0.2) is 14.8 Å². The summed E-state index contributed by atoms with van der Waals surface area (Å²) < 4.78 is 0. The standard InChI is InChI=1S/C17H16N4O2.C8H10ClNO/c1-10-5-3-4-6-13(10)20-17-19-8-11(2)15(21-17)12-7-14(16(22)23)18-9-12;9-7-3-1-2-6(4-7)8(10)5-11/h3-9,18H,1-2H3,(H,22,23)(H,19,20,21);1-4,8,11H,5,10H2. The number of aliphatic hydroxyl groups is 1. The number of aromatic nitrogens is 3. The zero-order chi connectivity index (χ0) is 24.7. The molecule has 0 radical (unpaired) electrons. The summed E-state index contributed by atoms with van der Waals surface area (Å²) in [6, 6.07) is 16.3. The van der Waals surface area contributed by atoms with E-state index in [-0.39, 0.29) is 18.3 Å². The number of nitrogens with one attached hydrogen (secondary N) is 2. The van der Waals surface area contributed by atoms with Crippen molar-refractivity contribution in [3.63, 3.8) is 0 Å². The van der Waals surface area contributed by atoms with E-state index in [2.05, 4.69) is 20.3 Å². The minimum Gasteiger partial charge on any atom is -0.477 e. The predicted octanol–water partition coefficient (Wildman–Crippen LogP) is 4.86. The molecule has 0 fully saturated rings. The van der Waals surface area contributed by atoms with Gasteiger partial charge in [-0.05, 0) is 54.8 Å². The number of carbonyl (C=O) groups is 1. The van der Waals surface area contributed by atoms with Gasteiger partial charge in [0.2, 0.25) is 5.95 Å². The highest BCUT2D eigenvalue weighted by Crippen LogP contribution is 2.24. The van der Waals surface area contributed by atoms with Crippen molar-refractivity contribution in [2.75, 3.05) is 11.9 Å². The Hall–Kier alpha value is -3.72. The van der Waals surface area contributed by atoms with Crippen LogP contribution < -0.4 is 11.1 Å². The molecule has 1 unspecified atom stereocenters. The maximum Gasteiger partial charge on any atom is 0.352 e. The van der Waals surface area contributed by atoms with Gasteiger partial charge in [-0.3, -0.25) is 0 Å². The summed E-state index contributed by atoms with van der Waals surface area (Å²) in [5.74, 6) is -0.529. The van der Waals surface area contributed by atoms with E-state index >= 15 is 0 Å². The Labute approximate surface area is 202 Å². The molecule has 34 heavy (non-hydrogen) atoms. The van der Waals surface area contributed by atoms with Gasteiger partial charge in [-0.2, -0.15) is 0 Å². The number of aromatic carboxylic acids is 1. The Morgan fingerprint density at radius 2 is 1.91 bits per heavy atom. The molecule has 1 atom stereocenters. The van der Waals surface area contributed by atoms with E-state index in [9.17, 15) is 4.79 Å². The number of hydrogen-bond acceptors (Lipinski definition) is 6. The van der Waals surface area contributed by atoms with Crippen LogP contribution in [0.1, 0.15) is 33.2 Å². The summed E-state index contributed by atoms with van der Waals surface area (Å²) >= 11 is 5.71. The van der Waals surface area contributed by atoms with Crippen LogP contribution in [0.15, 0.2) is 67.0 Å². The van der Waals surface area contributed by atoms with Crippen molar-refractivity contribution in [1.82, 2.24) is 15.0 Å². The lowest BCUT2D eigenvalue weighted by Crippen LogP contribution is -2.14. The van der Waals surface area contributed by atoms with Gasteiger partial charge in [0.25, 0.3) is 0 Å². The second-order valence-electron chi connectivity index (χ2n) is 7.62. The molecule has 0 saturated carbocycles. The Kier molecular flexibility index (Phi) is 8.37. The third kappa shape index (κ3) is 6.41. The highest BCUT2D eigenvalue weighted by Gasteiger charge is 2.12. The van der Waals surface area contributed by atoms with Gasteiger partial charge >= 0.3 is 5.97 Å². The Morgan fingerprint density at radius 3 is 2.56 bits per heavy atom. The Morgan fingerprint density at radius 1 is 1.15 bits per heavy atom. The number of nitrogens with two attached hydrogens (primary N) is 1. The number of H-pyrrole nitrogens is 1. The van der Waals surface area contributed by atoms with E-state index in [1.807, 2.05) is 50.2 Å². The number of nitrogens with zero attached hydrogens (tertiary/aromatic N) is 2. The van der Waals surface area contributed by atoms with Gasteiger partial charge < -0.3 is 26.2 Å². The fourth-order valence-corrected chi connectivity index (χ4v) is 3.32. The van der Waals surface area contributed by atoms with Crippen LogP contribution in [0.3, 0.4) is 0 Å². The lowest BCUT2D eigenvalue weighted by Gasteiger charge is -2.10. The van der Waals surface area contributed by atoms with Crippen molar-refractivity contribution in [2.45, 2.75) is 19.9 Å². The minimum atomic E-state index is -0.999. The van der Waals surface area contributed by atoms with Gasteiger partial charge in [0.15, 0.2) is 0 Å². The van der Waals surface area contributed by atoms with Crippen molar-refractivity contribution in [3.8, 4) is 11.3 Å². The Balaban J connectivity index is 0.000000248. The second kappa shape index (κ2) is 11.4. The van der Waals surface area contributed by atoms with Crippen LogP contribution in [0.25, 0.3) is 11.3 Å². The molecule has 176 valence electrons. The number of aliphatic hydroxyl groups excluding tert-OH is 1. The van der Waals surface area contributed by atoms with Crippen LogP contribution in [0.5, 0.6) is 0 Å². The molecule has 2 aromatic carbocycles. The average molecular weight is 480 g/mol. The zero-order valence-electron chi connectivity index (χ0n) is 18.8. The minimum absolute atomic E-state index is 0.0552. The van der Waals surface area contributed by atoms with Crippen LogP contribution in [-0.2, 0) is 0 Å². The van der Waals surface area contributed by atoms with Gasteiger partial charge in [0.1, 0.15) is 5.69 Å². The molecule has 8 nitrogen and oxygen atoms in total. The lowest BCUT2D eigenvalue weighted by atomic mass is 10.1. The number of rotatable bonds is 6. The van der Waals surface area contributed by atoms with Crippen LogP contribution in [0.4, 0.5) is 11.6 Å². The van der Waals surface area contributed by atoms with Gasteiger partial charge in [-0.1, -0.05) is 41.9 Å². The summed E-state index contributed by atoms with van der Waals surface area (Å²) in [7, 11) is 0. The number of aromatic amines is 1. The number of carboxylic acid groups (broad SMARTS) is 1. The second-order valence-corrected chi connectivity index (χ2v) is 8.05. The Bertz CT molecular complexity index is 1270. The van der Waals surface area contributed by atoms with Crippen LogP contribution >= 0.6 is 11.6 Å². The average Bonchev–Trinajstić information content (AvgIpc) is 3.32. The molecule has 0 amide bonds. The number of para-hydroxylation sites is 1. The molecule has 0 bridgehead atoms. The fraction of sp³-hybridized carbons (Fsp3) is 0.160. The smallest absolute Gasteiger partial charge is 0.352 e. The van der Waals surface area contributed by atoms with Crippen molar-refractivity contribution in [2.24, 2.45) is 5.73 Å². The maximum atomic E-state index is 11.0. The summed E-state index contributed by atoms with van der Waals surface area (Å²) in [4.78, 5) is 22.5. The fourth-order valence-electron chi connectivity index (χ4n) is 3.13. The first-order valence-corrected chi connectivity index (χ1v) is 10.9. The van der Waals surface area contributed by atoms with Crippen LogP contribution in [0, 0.1) is 13.8 Å². The quantitative estimate of drug-likeness (QED) is 0.266. The normalized spacial score (nSPS) is 11.3. The number of benzene rings is 2. The number of aryl methyl sites for hydroxylation is 2. The number of carboxylic acids is 1. The summed E-state index contributed by atoms with van der Waals surface area (Å²) in [5, 5.41) is 21.6. The molecule has 6 N–H and O–H groups in total. The molecule has 4 aromatic rings. The van der Waals surface area contributed by atoms with Crippen molar-refractivity contribution in [1.29, 1.82) is 0 Å². The maximum absolute atomic E-state index is 11.0. The highest BCUT2D eigenvalue weighted by atomic mass is 35.5. The molecule has 0 saturated heterocycles. The first kappa shape index (κ1) is 24.9. The molecule has 0 aliphatic carbocycles. The highest BCUT2D eigenvalue weighted by molar-refractivity contribution is 6.30. The van der Waals surface area contributed by atoms with Crippen LogP contribution in [-0.4, -0.2) is 37.7 Å². The van der Waals surface area contributed by atoms with E-state index in [0.29, 0.717) is 16.7 Å². The van der Waals surface area contributed by atoms with E-state index in [1.165, 1.54) is 0 Å². The number of anilines is 2. The summed E-state index contributed by atoms with van der Waals surface area (Å²) in [6.07, 6.45) is 3.35. The predicted molar refractivity (Wildman–Crippen MR) is 133 cm³/mol. The molecule has 9 heteroatoms. The molecule has 2 aromatic heterocycles. The van der Waals surface area contributed by atoms with Gasteiger partial charge in [0.05, 0.1) is 18.3 Å². The van der Waals surface area contributed by atoms with E-state index in [1.54, 1.807) is 30.6 Å². The summed E-state index contributed by atoms with van der Waals surface area (Å²) in [5.41, 5.74) is 10.9. The lowest BCUT2D eigenvalue weighted by molar-refractivity contribution is 0.0691. The van der Waals surface area contributed by atoms with E-state index in [4.69, 9.17) is 27.5 Å². The third-order valence-electron chi connectivity index (χ3n) is 5.02. The van der Waals surface area contributed by atoms with Gasteiger partial charge in [0, 0.05) is 28.7 Å². The largest absolute Gasteiger partial charge is 0.477 e. The van der Waals surface area contributed by atoms with E-state index in [0.717, 1.165) is 27.9 Å². The summed E-state index contributed by atoms with van der Waals surface area (Å²) in [6.45, 7) is 3.84. The first-order valence-electron chi connectivity index (χ1n) is 10.5.